The highest BCUT2D eigenvalue weighted by Gasteiger charge is 2.38. The molecular weight excluding hydrogens is 392 g/mol. The molecule has 154 valence electrons. The van der Waals surface area contributed by atoms with E-state index in [9.17, 15) is 17.6 Å². The lowest BCUT2D eigenvalue weighted by Gasteiger charge is -2.14. The molecule has 0 aliphatic heterocycles. The van der Waals surface area contributed by atoms with Crippen molar-refractivity contribution in [2.24, 2.45) is 0 Å². The number of halogens is 4. The van der Waals surface area contributed by atoms with E-state index in [0.29, 0.717) is 22.4 Å². The molecule has 0 amide bonds. The topological polar surface area (TPSA) is 57.4 Å². The Kier molecular flexibility index (Phi) is 5.76. The predicted octanol–water partition coefficient (Wildman–Crippen LogP) is 5.28. The van der Waals surface area contributed by atoms with E-state index in [1.54, 1.807) is 45.0 Å². The third-order valence-corrected chi connectivity index (χ3v) is 4.06. The van der Waals surface area contributed by atoms with Crippen LogP contribution in [-0.4, -0.2) is 23.4 Å². The lowest BCUT2D eigenvalue weighted by molar-refractivity contribution is -0.159. The normalized spacial score (nSPS) is 11.6. The summed E-state index contributed by atoms with van der Waals surface area (Å²) in [4.78, 5) is 3.39. The maximum absolute atomic E-state index is 13.8. The van der Waals surface area contributed by atoms with Crippen molar-refractivity contribution in [3.05, 3.63) is 58.7 Å². The second-order valence-electron chi connectivity index (χ2n) is 6.49. The Labute approximate surface area is 164 Å². The van der Waals surface area contributed by atoms with E-state index in [4.69, 9.17) is 9.47 Å². The molecule has 0 atom stereocenters. The van der Waals surface area contributed by atoms with Crippen molar-refractivity contribution in [2.75, 3.05) is 13.2 Å². The van der Waals surface area contributed by atoms with Crippen LogP contribution in [0.2, 0.25) is 0 Å². The summed E-state index contributed by atoms with van der Waals surface area (Å²) in [5.41, 5.74) is 2.53. The van der Waals surface area contributed by atoms with E-state index in [1.165, 1.54) is 6.07 Å². The summed E-state index contributed by atoms with van der Waals surface area (Å²) in [6, 6.07) is 7.89. The second-order valence-corrected chi connectivity index (χ2v) is 6.49. The molecule has 0 aliphatic carbocycles. The number of hydrogen-bond acceptors (Lipinski definition) is 5. The number of aryl methyl sites for hydroxylation is 3. The molecule has 5 nitrogen and oxygen atoms in total. The molecule has 9 heteroatoms. The number of ether oxygens (including phenoxy) is 2. The highest BCUT2D eigenvalue weighted by Crippen LogP contribution is 2.32. The van der Waals surface area contributed by atoms with Crippen molar-refractivity contribution in [2.45, 2.75) is 26.9 Å². The zero-order valence-electron chi connectivity index (χ0n) is 15.9. The molecule has 1 aromatic heterocycles. The lowest BCUT2D eigenvalue weighted by atomic mass is 10.1. The summed E-state index contributed by atoms with van der Waals surface area (Å²) in [5, 5.41) is 3.39. The van der Waals surface area contributed by atoms with Gasteiger partial charge in [0.05, 0.1) is 0 Å². The van der Waals surface area contributed by atoms with Crippen molar-refractivity contribution < 1.29 is 31.6 Å². The summed E-state index contributed by atoms with van der Waals surface area (Å²) in [6.07, 6.45) is -4.70. The molecule has 2 aromatic carbocycles. The van der Waals surface area contributed by atoms with Crippen LogP contribution >= 0.6 is 0 Å². The Morgan fingerprint density at radius 3 is 2.21 bits per heavy atom. The van der Waals surface area contributed by atoms with Crippen LogP contribution in [0.15, 0.2) is 34.9 Å². The van der Waals surface area contributed by atoms with Gasteiger partial charge >= 0.3 is 12.1 Å². The number of aromatic nitrogens is 2. The van der Waals surface area contributed by atoms with Crippen molar-refractivity contribution in [1.82, 2.24) is 10.1 Å². The smallest absolute Gasteiger partial charge is 0.471 e. The van der Waals surface area contributed by atoms with Crippen LogP contribution in [0.5, 0.6) is 11.5 Å². The number of alkyl halides is 3. The number of rotatable bonds is 6. The van der Waals surface area contributed by atoms with Gasteiger partial charge in [-0.3, -0.25) is 0 Å². The van der Waals surface area contributed by atoms with Crippen LogP contribution in [0, 0.1) is 26.6 Å². The number of nitrogens with zero attached hydrogens (tertiary/aromatic N) is 2. The van der Waals surface area contributed by atoms with Crippen LogP contribution in [-0.2, 0) is 6.18 Å². The van der Waals surface area contributed by atoms with E-state index in [2.05, 4.69) is 14.7 Å². The van der Waals surface area contributed by atoms with E-state index in [-0.39, 0.29) is 24.8 Å². The molecule has 0 bridgehead atoms. The van der Waals surface area contributed by atoms with Crippen LogP contribution < -0.4 is 9.47 Å². The second kappa shape index (κ2) is 8.10. The Bertz CT molecular complexity index is 992. The minimum absolute atomic E-state index is 0.125. The number of hydrogen-bond donors (Lipinski definition) is 0. The number of benzene rings is 2. The third kappa shape index (κ3) is 4.85. The Balaban J connectivity index is 1.66. The fourth-order valence-electron chi connectivity index (χ4n) is 2.78. The highest BCUT2D eigenvalue weighted by molar-refractivity contribution is 5.61. The van der Waals surface area contributed by atoms with Gasteiger partial charge in [-0.15, -0.1) is 0 Å². The van der Waals surface area contributed by atoms with Gasteiger partial charge in [0, 0.05) is 5.56 Å². The summed E-state index contributed by atoms with van der Waals surface area (Å²) in [7, 11) is 0. The molecule has 0 N–H and O–H groups in total. The summed E-state index contributed by atoms with van der Waals surface area (Å²) in [5.74, 6) is -1.31. The van der Waals surface area contributed by atoms with E-state index in [0.717, 1.165) is 5.56 Å². The summed E-state index contributed by atoms with van der Waals surface area (Å²) in [6.45, 7) is 5.56. The first-order chi connectivity index (χ1) is 13.6. The first-order valence-electron chi connectivity index (χ1n) is 8.69. The van der Waals surface area contributed by atoms with Gasteiger partial charge in [-0.05, 0) is 61.7 Å². The van der Waals surface area contributed by atoms with Gasteiger partial charge in [-0.25, -0.2) is 4.39 Å². The zero-order chi connectivity index (χ0) is 21.2. The van der Waals surface area contributed by atoms with Crippen LogP contribution in [0.3, 0.4) is 0 Å². The maximum atomic E-state index is 13.8. The van der Waals surface area contributed by atoms with Crippen molar-refractivity contribution in [3.8, 4) is 22.9 Å². The first-order valence-corrected chi connectivity index (χ1v) is 8.69. The van der Waals surface area contributed by atoms with E-state index in [1.807, 2.05) is 0 Å². The fourth-order valence-corrected chi connectivity index (χ4v) is 2.78. The van der Waals surface area contributed by atoms with Gasteiger partial charge in [-0.1, -0.05) is 11.2 Å². The largest absolute Gasteiger partial charge is 0.489 e. The monoisotopic (exact) mass is 410 g/mol. The molecule has 3 aromatic rings. The molecule has 0 fully saturated rings. The first kappa shape index (κ1) is 20.6. The van der Waals surface area contributed by atoms with Gasteiger partial charge in [-0.2, -0.15) is 18.2 Å². The molecule has 0 saturated carbocycles. The molecule has 0 aliphatic rings. The van der Waals surface area contributed by atoms with Crippen LogP contribution in [0.25, 0.3) is 11.4 Å². The van der Waals surface area contributed by atoms with Gasteiger partial charge in [0.2, 0.25) is 5.82 Å². The lowest BCUT2D eigenvalue weighted by Crippen LogP contribution is -2.11. The van der Waals surface area contributed by atoms with E-state index < -0.39 is 17.9 Å². The molecule has 0 radical (unpaired) electrons. The minimum Gasteiger partial charge on any atom is -0.489 e. The quantitative estimate of drug-likeness (QED) is 0.409. The fraction of sp³-hybridized carbons (Fsp3) is 0.300. The average molecular weight is 410 g/mol. The SMILES string of the molecule is Cc1ccc(OCCOc2c(C)cc(-c3noc(C(F)(F)F)n3)cc2C)c(F)c1. The Morgan fingerprint density at radius 1 is 0.966 bits per heavy atom. The zero-order valence-corrected chi connectivity index (χ0v) is 15.9. The average Bonchev–Trinajstić information content (AvgIpc) is 3.12. The van der Waals surface area contributed by atoms with Crippen molar-refractivity contribution in [3.63, 3.8) is 0 Å². The van der Waals surface area contributed by atoms with Crippen LogP contribution in [0.1, 0.15) is 22.6 Å². The van der Waals surface area contributed by atoms with Gasteiger partial charge < -0.3 is 14.0 Å². The molecule has 0 spiro atoms. The molecule has 0 unspecified atom stereocenters. The molecule has 29 heavy (non-hydrogen) atoms. The van der Waals surface area contributed by atoms with Crippen LogP contribution in [0.4, 0.5) is 17.6 Å². The van der Waals surface area contributed by atoms with E-state index >= 15 is 0 Å². The highest BCUT2D eigenvalue weighted by atomic mass is 19.4. The molecule has 3 rings (SSSR count). The third-order valence-electron chi connectivity index (χ3n) is 4.06. The molecule has 1 heterocycles. The van der Waals surface area contributed by atoms with Gasteiger partial charge in [0.25, 0.3) is 0 Å². The maximum Gasteiger partial charge on any atom is 0.471 e. The molecular formula is C20H18F4N2O3. The molecule has 0 saturated heterocycles. The van der Waals surface area contributed by atoms with Crippen molar-refractivity contribution >= 4 is 0 Å². The minimum atomic E-state index is -4.70. The standard InChI is InChI=1S/C20H18F4N2O3/c1-11-4-5-16(15(21)8-11)27-6-7-28-17-12(2)9-14(10-13(17)3)18-25-19(29-26-18)20(22,23)24/h4-5,8-10H,6-7H2,1-3H3. The van der Waals surface area contributed by atoms with Crippen molar-refractivity contribution in [1.29, 1.82) is 0 Å². The summed E-state index contributed by atoms with van der Waals surface area (Å²) < 4.78 is 67.0. The Morgan fingerprint density at radius 2 is 1.62 bits per heavy atom. The van der Waals surface area contributed by atoms with Gasteiger partial charge in [0.1, 0.15) is 19.0 Å². The predicted molar refractivity (Wildman–Crippen MR) is 96.3 cm³/mol. The Hall–Kier alpha value is -3.10. The van der Waals surface area contributed by atoms with Gasteiger partial charge in [0.15, 0.2) is 11.6 Å². The summed E-state index contributed by atoms with van der Waals surface area (Å²) >= 11 is 0.